The zero-order valence-corrected chi connectivity index (χ0v) is 9.35. The van der Waals surface area contributed by atoms with Crippen molar-refractivity contribution in [2.75, 3.05) is 19.8 Å². The van der Waals surface area contributed by atoms with Crippen LogP contribution < -0.4 is 5.32 Å². The molecule has 2 aliphatic rings. The van der Waals surface area contributed by atoms with Crippen molar-refractivity contribution in [2.24, 2.45) is 0 Å². The van der Waals surface area contributed by atoms with Crippen molar-refractivity contribution in [3.05, 3.63) is 0 Å². The van der Waals surface area contributed by atoms with E-state index in [4.69, 9.17) is 9.47 Å². The molecule has 0 radical (unpaired) electrons. The largest absolute Gasteiger partial charge is 0.378 e. The highest BCUT2D eigenvalue weighted by molar-refractivity contribution is 5.85. The van der Waals surface area contributed by atoms with Crippen LogP contribution in [0.15, 0.2) is 0 Å². The Kier molecular flexibility index (Phi) is 5.78. The zero-order valence-electron chi connectivity index (χ0n) is 8.54. The number of hydrogen-bond acceptors (Lipinski definition) is 3. The maximum absolute atomic E-state index is 5.66. The molecule has 84 valence electrons. The van der Waals surface area contributed by atoms with E-state index in [1.54, 1.807) is 0 Å². The number of nitrogens with one attached hydrogen (secondary N) is 1. The molecule has 2 fully saturated rings. The van der Waals surface area contributed by atoms with E-state index in [0.29, 0.717) is 6.10 Å². The molecule has 0 bridgehead atoms. The second-order valence-corrected chi connectivity index (χ2v) is 3.89. The first-order valence-corrected chi connectivity index (χ1v) is 5.42. The van der Waals surface area contributed by atoms with Gasteiger partial charge in [-0.05, 0) is 32.2 Å². The molecule has 4 heteroatoms. The van der Waals surface area contributed by atoms with E-state index in [2.05, 4.69) is 5.32 Å². The van der Waals surface area contributed by atoms with E-state index in [-0.39, 0.29) is 18.6 Å². The third-order valence-electron chi connectivity index (χ3n) is 2.76. The molecule has 0 aromatic rings. The SMILES string of the molecule is C1CCC(CC2NCCCO2)OC1.Cl. The number of halogens is 1. The van der Waals surface area contributed by atoms with Crippen molar-refractivity contribution in [1.29, 1.82) is 0 Å². The van der Waals surface area contributed by atoms with Crippen LogP contribution in [-0.4, -0.2) is 32.1 Å². The predicted molar refractivity (Wildman–Crippen MR) is 57.8 cm³/mol. The molecule has 0 spiro atoms. The van der Waals surface area contributed by atoms with Gasteiger partial charge in [0.1, 0.15) is 6.23 Å². The summed E-state index contributed by atoms with van der Waals surface area (Å²) in [5, 5.41) is 3.36. The van der Waals surface area contributed by atoms with Crippen LogP contribution in [0.2, 0.25) is 0 Å². The Balaban J connectivity index is 0.000000980. The van der Waals surface area contributed by atoms with Crippen LogP contribution in [0, 0.1) is 0 Å². The van der Waals surface area contributed by atoms with Gasteiger partial charge in [0.2, 0.25) is 0 Å². The molecule has 0 aromatic heterocycles. The standard InChI is InChI=1S/C10H19NO2.ClH/c1-2-6-12-9(4-1)8-10-11-5-3-7-13-10;/h9-11H,1-8H2;1H. The van der Waals surface area contributed by atoms with Gasteiger partial charge >= 0.3 is 0 Å². The third-order valence-corrected chi connectivity index (χ3v) is 2.76. The molecule has 0 saturated carbocycles. The number of hydrogen-bond donors (Lipinski definition) is 1. The van der Waals surface area contributed by atoms with Gasteiger partial charge in [-0.1, -0.05) is 0 Å². The molecule has 2 atom stereocenters. The van der Waals surface area contributed by atoms with Crippen LogP contribution in [0.25, 0.3) is 0 Å². The first-order valence-electron chi connectivity index (χ1n) is 5.42. The second-order valence-electron chi connectivity index (χ2n) is 3.89. The van der Waals surface area contributed by atoms with Crippen LogP contribution in [0.5, 0.6) is 0 Å². The fraction of sp³-hybridized carbons (Fsp3) is 1.00. The lowest BCUT2D eigenvalue weighted by Crippen LogP contribution is -2.41. The van der Waals surface area contributed by atoms with Gasteiger partial charge in [-0.3, -0.25) is 5.32 Å². The lowest BCUT2D eigenvalue weighted by atomic mass is 10.1. The summed E-state index contributed by atoms with van der Waals surface area (Å²) in [5.74, 6) is 0. The summed E-state index contributed by atoms with van der Waals surface area (Å²) in [4.78, 5) is 0. The average molecular weight is 222 g/mol. The van der Waals surface area contributed by atoms with Crippen LogP contribution in [0.4, 0.5) is 0 Å². The fourth-order valence-electron chi connectivity index (χ4n) is 2.00. The van der Waals surface area contributed by atoms with E-state index in [1.807, 2.05) is 0 Å². The van der Waals surface area contributed by atoms with Gasteiger partial charge in [0.15, 0.2) is 0 Å². The monoisotopic (exact) mass is 221 g/mol. The quantitative estimate of drug-likeness (QED) is 0.770. The van der Waals surface area contributed by atoms with Crippen LogP contribution in [-0.2, 0) is 9.47 Å². The fourth-order valence-corrected chi connectivity index (χ4v) is 2.00. The van der Waals surface area contributed by atoms with Gasteiger partial charge in [0.25, 0.3) is 0 Å². The summed E-state index contributed by atoms with van der Waals surface area (Å²) in [6.07, 6.45) is 6.61. The molecular formula is C10H20ClNO2. The summed E-state index contributed by atoms with van der Waals surface area (Å²) < 4.78 is 11.3. The molecular weight excluding hydrogens is 202 g/mol. The molecule has 0 aliphatic carbocycles. The molecule has 2 saturated heterocycles. The molecule has 0 amide bonds. The van der Waals surface area contributed by atoms with Gasteiger partial charge in [-0.15, -0.1) is 12.4 Å². The van der Waals surface area contributed by atoms with Crippen LogP contribution in [0.1, 0.15) is 32.1 Å². The molecule has 1 N–H and O–H groups in total. The Morgan fingerprint density at radius 2 is 1.93 bits per heavy atom. The maximum atomic E-state index is 5.66. The predicted octanol–water partition coefficient (Wildman–Crippen LogP) is 1.70. The third kappa shape index (κ3) is 3.73. The maximum Gasteiger partial charge on any atom is 0.110 e. The van der Waals surface area contributed by atoms with Crippen molar-refractivity contribution in [1.82, 2.24) is 5.32 Å². The van der Waals surface area contributed by atoms with E-state index in [0.717, 1.165) is 32.6 Å². The number of ether oxygens (including phenoxy) is 2. The first-order chi connectivity index (χ1) is 6.45. The highest BCUT2D eigenvalue weighted by Crippen LogP contribution is 2.18. The summed E-state index contributed by atoms with van der Waals surface area (Å²) in [6, 6.07) is 0. The van der Waals surface area contributed by atoms with E-state index in [1.165, 1.54) is 19.3 Å². The smallest absolute Gasteiger partial charge is 0.110 e. The highest BCUT2D eigenvalue weighted by atomic mass is 35.5. The molecule has 2 unspecified atom stereocenters. The van der Waals surface area contributed by atoms with Gasteiger partial charge in [0.05, 0.1) is 6.10 Å². The molecule has 2 heterocycles. The Morgan fingerprint density at radius 3 is 2.57 bits per heavy atom. The number of rotatable bonds is 2. The minimum absolute atomic E-state index is 0. The summed E-state index contributed by atoms with van der Waals surface area (Å²) in [7, 11) is 0. The highest BCUT2D eigenvalue weighted by Gasteiger charge is 2.21. The molecule has 2 aliphatic heterocycles. The first kappa shape index (κ1) is 12.2. The lowest BCUT2D eigenvalue weighted by molar-refractivity contribution is -0.0599. The minimum atomic E-state index is 0. The van der Waals surface area contributed by atoms with Gasteiger partial charge in [-0.25, -0.2) is 0 Å². The Labute approximate surface area is 91.9 Å². The Hall–Kier alpha value is 0.170. The second kappa shape index (κ2) is 6.62. The average Bonchev–Trinajstić information content (AvgIpc) is 2.21. The molecule has 14 heavy (non-hydrogen) atoms. The van der Waals surface area contributed by atoms with Crippen LogP contribution >= 0.6 is 12.4 Å². The normalized spacial score (nSPS) is 33.4. The zero-order chi connectivity index (χ0) is 8.93. The van der Waals surface area contributed by atoms with Gasteiger partial charge in [0, 0.05) is 19.6 Å². The van der Waals surface area contributed by atoms with Crippen molar-refractivity contribution in [3.8, 4) is 0 Å². The van der Waals surface area contributed by atoms with Crippen molar-refractivity contribution in [3.63, 3.8) is 0 Å². The molecule has 2 rings (SSSR count). The lowest BCUT2D eigenvalue weighted by Gasteiger charge is -2.29. The summed E-state index contributed by atoms with van der Waals surface area (Å²) in [5.41, 5.74) is 0. The molecule has 0 aromatic carbocycles. The Bertz CT molecular complexity index is 129. The molecule has 3 nitrogen and oxygen atoms in total. The van der Waals surface area contributed by atoms with E-state index >= 15 is 0 Å². The van der Waals surface area contributed by atoms with Crippen molar-refractivity contribution < 1.29 is 9.47 Å². The summed E-state index contributed by atoms with van der Waals surface area (Å²) in [6.45, 7) is 2.94. The topological polar surface area (TPSA) is 30.5 Å². The van der Waals surface area contributed by atoms with Crippen molar-refractivity contribution >= 4 is 12.4 Å². The minimum Gasteiger partial charge on any atom is -0.378 e. The Morgan fingerprint density at radius 1 is 1.07 bits per heavy atom. The van der Waals surface area contributed by atoms with E-state index in [9.17, 15) is 0 Å². The van der Waals surface area contributed by atoms with Gasteiger partial charge < -0.3 is 9.47 Å². The van der Waals surface area contributed by atoms with Crippen LogP contribution in [0.3, 0.4) is 0 Å². The summed E-state index contributed by atoms with van der Waals surface area (Å²) >= 11 is 0. The van der Waals surface area contributed by atoms with Crippen molar-refractivity contribution in [2.45, 2.75) is 44.4 Å². The van der Waals surface area contributed by atoms with E-state index < -0.39 is 0 Å². The van der Waals surface area contributed by atoms with Gasteiger partial charge in [-0.2, -0.15) is 0 Å².